The topological polar surface area (TPSA) is 92.8 Å². The van der Waals surface area contributed by atoms with Crippen molar-refractivity contribution < 1.29 is 22.7 Å². The average Bonchev–Trinajstić information content (AvgIpc) is 3.19. The van der Waals surface area contributed by atoms with Crippen molar-refractivity contribution in [2.75, 3.05) is 19.7 Å². The van der Waals surface area contributed by atoms with Crippen LogP contribution >= 0.6 is 11.3 Å². The molecule has 0 saturated heterocycles. The van der Waals surface area contributed by atoms with Crippen LogP contribution in [0.25, 0.3) is 0 Å². The van der Waals surface area contributed by atoms with Gasteiger partial charge in [0.05, 0.1) is 17.0 Å². The molecule has 1 aromatic heterocycles. The summed E-state index contributed by atoms with van der Waals surface area (Å²) >= 11 is 1.52. The maximum Gasteiger partial charge on any atom is 0.338 e. The lowest BCUT2D eigenvalue weighted by Crippen LogP contribution is -2.30. The second-order valence-electron chi connectivity index (χ2n) is 5.55. The number of rotatable bonds is 9. The fraction of sp³-hybridized carbons (Fsp3) is 0.333. The number of esters is 1. The van der Waals surface area contributed by atoms with Crippen LogP contribution in [0.4, 0.5) is 0 Å². The second kappa shape index (κ2) is 9.63. The van der Waals surface area contributed by atoms with Crippen LogP contribution < -0.4 is 5.32 Å². The Hall–Kier alpha value is -2.23. The molecule has 0 aliphatic rings. The molecule has 7 nitrogen and oxygen atoms in total. The maximum absolute atomic E-state index is 12.4. The Morgan fingerprint density at radius 2 is 1.78 bits per heavy atom. The summed E-state index contributed by atoms with van der Waals surface area (Å²) < 4.78 is 31.1. The van der Waals surface area contributed by atoms with Crippen molar-refractivity contribution in [3.8, 4) is 0 Å². The first kappa shape index (κ1) is 21.1. The highest BCUT2D eigenvalue weighted by atomic mass is 32.2. The van der Waals surface area contributed by atoms with Gasteiger partial charge in [0.25, 0.3) is 5.91 Å². The lowest BCUT2D eigenvalue weighted by atomic mass is 10.2. The normalized spacial score (nSPS) is 11.4. The molecule has 0 unspecified atom stereocenters. The molecule has 0 aliphatic carbocycles. The number of hydrogen-bond donors (Lipinski definition) is 1. The van der Waals surface area contributed by atoms with Crippen molar-refractivity contribution in [3.05, 3.63) is 52.2 Å². The number of nitrogens with one attached hydrogen (secondary N) is 1. The number of ether oxygens (including phenoxy) is 1. The van der Waals surface area contributed by atoms with Crippen LogP contribution in [0.5, 0.6) is 0 Å². The number of nitrogens with zero attached hydrogens (tertiary/aromatic N) is 1. The minimum Gasteiger partial charge on any atom is -0.452 e. The van der Waals surface area contributed by atoms with Gasteiger partial charge >= 0.3 is 5.97 Å². The quantitative estimate of drug-likeness (QED) is 0.640. The van der Waals surface area contributed by atoms with E-state index in [0.29, 0.717) is 19.6 Å². The number of benzene rings is 1. The summed E-state index contributed by atoms with van der Waals surface area (Å²) in [4.78, 5) is 24.9. The van der Waals surface area contributed by atoms with E-state index in [1.807, 2.05) is 17.5 Å². The Morgan fingerprint density at radius 3 is 2.33 bits per heavy atom. The van der Waals surface area contributed by atoms with Crippen LogP contribution in [0.2, 0.25) is 0 Å². The minimum absolute atomic E-state index is 0.108. The third kappa shape index (κ3) is 5.62. The van der Waals surface area contributed by atoms with E-state index < -0.39 is 28.5 Å². The van der Waals surface area contributed by atoms with Crippen molar-refractivity contribution in [2.24, 2.45) is 0 Å². The van der Waals surface area contributed by atoms with Gasteiger partial charge in [-0.1, -0.05) is 19.9 Å². The summed E-state index contributed by atoms with van der Waals surface area (Å²) in [6.07, 6.45) is 0. The molecule has 2 aromatic rings. The molecule has 1 N–H and O–H groups in total. The molecule has 0 radical (unpaired) electrons. The summed E-state index contributed by atoms with van der Waals surface area (Å²) in [7, 11) is -3.58. The van der Waals surface area contributed by atoms with Crippen molar-refractivity contribution in [1.82, 2.24) is 9.62 Å². The summed E-state index contributed by atoms with van der Waals surface area (Å²) in [5.41, 5.74) is 0.180. The Kier molecular flexibility index (Phi) is 7.52. The molecule has 0 bridgehead atoms. The largest absolute Gasteiger partial charge is 0.452 e. The predicted octanol–water partition coefficient (Wildman–Crippen LogP) is 2.25. The van der Waals surface area contributed by atoms with Gasteiger partial charge in [0.2, 0.25) is 10.0 Å². The molecule has 146 valence electrons. The zero-order valence-corrected chi connectivity index (χ0v) is 16.8. The number of sulfonamides is 1. The van der Waals surface area contributed by atoms with Crippen molar-refractivity contribution in [1.29, 1.82) is 0 Å². The Bertz CT molecular complexity index is 858. The molecule has 0 atom stereocenters. The fourth-order valence-corrected chi connectivity index (χ4v) is 4.44. The molecule has 0 saturated carbocycles. The van der Waals surface area contributed by atoms with Crippen molar-refractivity contribution in [2.45, 2.75) is 25.3 Å². The third-order valence-electron chi connectivity index (χ3n) is 3.81. The smallest absolute Gasteiger partial charge is 0.338 e. The standard InChI is InChI=1S/C18H22N2O5S2/c1-3-20(4-2)27(23,24)16-9-7-14(8-10-16)18(22)25-13-17(21)19-12-15-6-5-11-26-15/h5-11H,3-4,12-13H2,1-2H3,(H,19,21). The van der Waals surface area contributed by atoms with Crippen LogP contribution in [0.15, 0.2) is 46.7 Å². The van der Waals surface area contributed by atoms with E-state index in [0.717, 1.165) is 4.88 Å². The highest BCUT2D eigenvalue weighted by Crippen LogP contribution is 2.16. The fourth-order valence-electron chi connectivity index (χ4n) is 2.34. The second-order valence-corrected chi connectivity index (χ2v) is 8.52. The first-order chi connectivity index (χ1) is 12.9. The number of thiophene rings is 1. The van der Waals surface area contributed by atoms with Gasteiger partial charge in [-0.2, -0.15) is 4.31 Å². The molecule has 2 rings (SSSR count). The van der Waals surface area contributed by atoms with Gasteiger partial charge in [0.1, 0.15) is 0 Å². The molecule has 9 heteroatoms. The van der Waals surface area contributed by atoms with Gasteiger partial charge in [-0.3, -0.25) is 4.79 Å². The van der Waals surface area contributed by atoms with Crippen molar-refractivity contribution >= 4 is 33.2 Å². The first-order valence-corrected chi connectivity index (χ1v) is 10.8. The van der Waals surface area contributed by atoms with Gasteiger partial charge < -0.3 is 10.1 Å². The van der Waals surface area contributed by atoms with Gasteiger partial charge in [-0.05, 0) is 35.7 Å². The third-order valence-corrected chi connectivity index (χ3v) is 6.75. The highest BCUT2D eigenvalue weighted by Gasteiger charge is 2.22. The minimum atomic E-state index is -3.58. The number of hydrogen-bond acceptors (Lipinski definition) is 6. The number of carbonyl (C=O) groups excluding carboxylic acids is 2. The zero-order valence-electron chi connectivity index (χ0n) is 15.2. The van der Waals surface area contributed by atoms with Crippen LogP contribution in [0.3, 0.4) is 0 Å². The highest BCUT2D eigenvalue weighted by molar-refractivity contribution is 7.89. The predicted molar refractivity (Wildman–Crippen MR) is 103 cm³/mol. The number of carbonyl (C=O) groups is 2. The molecular weight excluding hydrogens is 388 g/mol. The molecule has 27 heavy (non-hydrogen) atoms. The van der Waals surface area contributed by atoms with Gasteiger partial charge in [0.15, 0.2) is 6.61 Å². The van der Waals surface area contributed by atoms with Crippen LogP contribution in [-0.2, 0) is 26.1 Å². The van der Waals surface area contributed by atoms with E-state index in [2.05, 4.69) is 5.32 Å². The summed E-state index contributed by atoms with van der Waals surface area (Å²) in [6.45, 7) is 4.23. The monoisotopic (exact) mass is 410 g/mol. The average molecular weight is 411 g/mol. The van der Waals surface area contributed by atoms with Crippen molar-refractivity contribution in [3.63, 3.8) is 0 Å². The summed E-state index contributed by atoms with van der Waals surface area (Å²) in [5, 5.41) is 4.56. The van der Waals surface area contributed by atoms with E-state index in [9.17, 15) is 18.0 Å². The van der Waals surface area contributed by atoms with Gasteiger partial charge in [0, 0.05) is 18.0 Å². The summed E-state index contributed by atoms with van der Waals surface area (Å²) in [6, 6.07) is 9.26. The summed E-state index contributed by atoms with van der Waals surface area (Å²) in [5.74, 6) is -1.09. The molecule has 0 fully saturated rings. The van der Waals surface area contributed by atoms with E-state index >= 15 is 0 Å². The van der Waals surface area contributed by atoms with E-state index in [1.165, 1.54) is 39.9 Å². The molecule has 0 spiro atoms. The Morgan fingerprint density at radius 1 is 1.11 bits per heavy atom. The molecule has 1 heterocycles. The van der Waals surface area contributed by atoms with Crippen LogP contribution in [0, 0.1) is 0 Å². The zero-order chi connectivity index (χ0) is 19.9. The van der Waals surface area contributed by atoms with E-state index in [1.54, 1.807) is 13.8 Å². The maximum atomic E-state index is 12.4. The first-order valence-electron chi connectivity index (χ1n) is 8.44. The van der Waals surface area contributed by atoms with Crippen LogP contribution in [-0.4, -0.2) is 44.3 Å². The van der Waals surface area contributed by atoms with E-state index in [4.69, 9.17) is 4.74 Å². The van der Waals surface area contributed by atoms with Crippen LogP contribution in [0.1, 0.15) is 29.1 Å². The Balaban J connectivity index is 1.90. The number of amides is 1. The van der Waals surface area contributed by atoms with E-state index in [-0.39, 0.29) is 10.5 Å². The van der Waals surface area contributed by atoms with Gasteiger partial charge in [-0.15, -0.1) is 11.3 Å². The Labute approximate surface area is 163 Å². The molecule has 0 aliphatic heterocycles. The molecule has 1 amide bonds. The lowest BCUT2D eigenvalue weighted by Gasteiger charge is -2.18. The lowest BCUT2D eigenvalue weighted by molar-refractivity contribution is -0.124. The SMILES string of the molecule is CCN(CC)S(=O)(=O)c1ccc(C(=O)OCC(=O)NCc2cccs2)cc1. The molecule has 1 aromatic carbocycles. The molecular formula is C18H22N2O5S2. The van der Waals surface area contributed by atoms with Gasteiger partial charge in [-0.25, -0.2) is 13.2 Å².